The van der Waals surface area contributed by atoms with Gasteiger partial charge in [0.2, 0.25) is 0 Å². The van der Waals surface area contributed by atoms with Crippen LogP contribution < -0.4 is 5.32 Å². The number of aromatic nitrogens is 2. The summed E-state index contributed by atoms with van der Waals surface area (Å²) in [6.45, 7) is 4.08. The molecule has 4 nitrogen and oxygen atoms in total. The second-order valence-electron chi connectivity index (χ2n) is 7.66. The first-order valence-electron chi connectivity index (χ1n) is 10.3. The highest BCUT2D eigenvalue weighted by atomic mass is 35.5. The van der Waals surface area contributed by atoms with Gasteiger partial charge in [0.1, 0.15) is 6.33 Å². The Labute approximate surface area is 183 Å². The van der Waals surface area contributed by atoms with Crippen molar-refractivity contribution >= 4 is 11.6 Å². The Bertz CT molecular complexity index is 991. The number of nitrogens with zero attached hydrogens (tertiary/aromatic N) is 3. The van der Waals surface area contributed by atoms with Crippen molar-refractivity contribution < 1.29 is 0 Å². The molecule has 30 heavy (non-hydrogen) atoms. The predicted octanol–water partition coefficient (Wildman–Crippen LogP) is 4.28. The molecule has 1 saturated heterocycles. The molecule has 0 amide bonds. The van der Waals surface area contributed by atoms with Gasteiger partial charge in [0.15, 0.2) is 0 Å². The summed E-state index contributed by atoms with van der Waals surface area (Å²) in [4.78, 5) is 10.5. The lowest BCUT2D eigenvalue weighted by Gasteiger charge is -2.33. The van der Waals surface area contributed by atoms with Crippen molar-refractivity contribution in [3.05, 3.63) is 94.5 Å². The van der Waals surface area contributed by atoms with E-state index in [1.165, 1.54) is 30.3 Å². The van der Waals surface area contributed by atoms with E-state index in [0.717, 1.165) is 42.3 Å². The molecule has 2 heterocycles. The Morgan fingerprint density at radius 3 is 2.40 bits per heavy atom. The molecule has 1 N–H and O–H groups in total. The highest BCUT2D eigenvalue weighted by Crippen LogP contribution is 2.16. The molecule has 0 aliphatic carbocycles. The van der Waals surface area contributed by atoms with E-state index in [0.29, 0.717) is 6.04 Å². The highest BCUT2D eigenvalue weighted by molar-refractivity contribution is 6.30. The van der Waals surface area contributed by atoms with Crippen molar-refractivity contribution in [1.82, 2.24) is 20.2 Å². The van der Waals surface area contributed by atoms with Crippen LogP contribution >= 0.6 is 11.6 Å². The van der Waals surface area contributed by atoms with Crippen LogP contribution in [0, 0.1) is 11.8 Å². The summed E-state index contributed by atoms with van der Waals surface area (Å²) in [7, 11) is 0. The Morgan fingerprint density at radius 2 is 1.63 bits per heavy atom. The zero-order valence-corrected chi connectivity index (χ0v) is 17.6. The molecule has 1 aromatic heterocycles. The van der Waals surface area contributed by atoms with E-state index in [2.05, 4.69) is 68.4 Å². The van der Waals surface area contributed by atoms with Crippen LogP contribution in [0.25, 0.3) is 0 Å². The third kappa shape index (κ3) is 6.14. The first kappa shape index (κ1) is 20.6. The predicted molar refractivity (Wildman–Crippen MR) is 121 cm³/mol. The smallest absolute Gasteiger partial charge is 0.115 e. The zero-order valence-electron chi connectivity index (χ0n) is 16.9. The van der Waals surface area contributed by atoms with Crippen molar-refractivity contribution in [2.45, 2.75) is 32.0 Å². The lowest BCUT2D eigenvalue weighted by Crippen LogP contribution is -2.45. The summed E-state index contributed by atoms with van der Waals surface area (Å²) < 4.78 is 0. The molecule has 0 spiro atoms. The number of nitrogens with one attached hydrogen (secondary N) is 1. The minimum absolute atomic E-state index is 0.517. The molecule has 0 unspecified atom stereocenters. The van der Waals surface area contributed by atoms with Gasteiger partial charge in [-0.2, -0.15) is 0 Å². The van der Waals surface area contributed by atoms with Gasteiger partial charge >= 0.3 is 0 Å². The van der Waals surface area contributed by atoms with Crippen LogP contribution in [-0.4, -0.2) is 34.0 Å². The van der Waals surface area contributed by atoms with E-state index < -0.39 is 0 Å². The summed E-state index contributed by atoms with van der Waals surface area (Å²) in [6, 6.07) is 17.1. The molecule has 1 aliphatic rings. The molecule has 5 heteroatoms. The van der Waals surface area contributed by atoms with Crippen LogP contribution in [0.1, 0.15) is 35.1 Å². The van der Waals surface area contributed by atoms with Gasteiger partial charge in [0.25, 0.3) is 0 Å². The van der Waals surface area contributed by atoms with Gasteiger partial charge in [-0.25, -0.2) is 9.97 Å². The van der Waals surface area contributed by atoms with Crippen LogP contribution in [0.15, 0.2) is 67.3 Å². The average Bonchev–Trinajstić information content (AvgIpc) is 2.79. The van der Waals surface area contributed by atoms with E-state index in [1.54, 1.807) is 12.4 Å². The minimum Gasteiger partial charge on any atom is -0.309 e. The Morgan fingerprint density at radius 1 is 0.933 bits per heavy atom. The van der Waals surface area contributed by atoms with Gasteiger partial charge in [-0.15, -0.1) is 0 Å². The Hall–Kier alpha value is -2.71. The number of hydrogen-bond donors (Lipinski definition) is 1. The molecule has 0 saturated carbocycles. The molecule has 0 bridgehead atoms. The lowest BCUT2D eigenvalue weighted by atomic mass is 10.0. The fraction of sp³-hybridized carbons (Fsp3) is 0.280. The molecule has 2 aromatic carbocycles. The average molecular weight is 417 g/mol. The second kappa shape index (κ2) is 10.4. The Kier molecular flexibility index (Phi) is 7.10. The summed E-state index contributed by atoms with van der Waals surface area (Å²) in [6.07, 6.45) is 7.40. The third-order valence-electron chi connectivity index (χ3n) is 5.29. The number of piperidine rings is 1. The molecule has 152 valence electrons. The van der Waals surface area contributed by atoms with Crippen LogP contribution in [0.3, 0.4) is 0 Å². The van der Waals surface area contributed by atoms with Crippen LogP contribution in [0.5, 0.6) is 0 Å². The van der Waals surface area contributed by atoms with Crippen molar-refractivity contribution in [3.8, 4) is 11.8 Å². The summed E-state index contributed by atoms with van der Waals surface area (Å²) in [5.41, 5.74) is 4.41. The number of halogens is 1. The maximum Gasteiger partial charge on any atom is 0.115 e. The van der Waals surface area contributed by atoms with E-state index in [1.807, 2.05) is 12.1 Å². The van der Waals surface area contributed by atoms with Crippen molar-refractivity contribution in [1.29, 1.82) is 0 Å². The highest BCUT2D eigenvalue weighted by Gasteiger charge is 2.19. The standard InChI is InChI=1S/C25H25ClN4/c26-24-11-9-22(10-12-24)17-30-13-1-2-25(18-30)29-16-21-6-3-20(4-7-21)5-8-23-14-27-19-28-15-23/h3-4,6-7,9-12,14-15,19,25,29H,1-2,13,16-18H2/t25-/m0/s1. The summed E-state index contributed by atoms with van der Waals surface area (Å²) in [5, 5.41) is 4.52. The molecule has 4 rings (SSSR count). The quantitative estimate of drug-likeness (QED) is 0.630. The van der Waals surface area contributed by atoms with Gasteiger partial charge in [0, 0.05) is 48.7 Å². The molecule has 1 aliphatic heterocycles. The fourth-order valence-electron chi connectivity index (χ4n) is 3.69. The zero-order chi connectivity index (χ0) is 20.6. The van der Waals surface area contributed by atoms with Crippen LogP contribution in [0.4, 0.5) is 0 Å². The van der Waals surface area contributed by atoms with Crippen molar-refractivity contribution in [3.63, 3.8) is 0 Å². The van der Waals surface area contributed by atoms with Gasteiger partial charge in [0.05, 0.1) is 5.56 Å². The topological polar surface area (TPSA) is 41.0 Å². The number of benzene rings is 2. The maximum absolute atomic E-state index is 6.00. The second-order valence-corrected chi connectivity index (χ2v) is 8.09. The lowest BCUT2D eigenvalue weighted by molar-refractivity contribution is 0.182. The Balaban J connectivity index is 1.27. The number of hydrogen-bond acceptors (Lipinski definition) is 4. The molecule has 3 aromatic rings. The van der Waals surface area contributed by atoms with Gasteiger partial charge < -0.3 is 5.32 Å². The van der Waals surface area contributed by atoms with Crippen molar-refractivity contribution in [2.24, 2.45) is 0 Å². The number of likely N-dealkylation sites (tertiary alicyclic amines) is 1. The largest absolute Gasteiger partial charge is 0.309 e. The van der Waals surface area contributed by atoms with Crippen LogP contribution in [-0.2, 0) is 13.1 Å². The number of rotatable bonds is 5. The van der Waals surface area contributed by atoms with Crippen molar-refractivity contribution in [2.75, 3.05) is 13.1 Å². The summed E-state index contributed by atoms with van der Waals surface area (Å²) >= 11 is 6.00. The van der Waals surface area contributed by atoms with E-state index in [9.17, 15) is 0 Å². The molecule has 1 atom stereocenters. The molecular weight excluding hydrogens is 392 g/mol. The molecular formula is C25H25ClN4. The normalized spacial score (nSPS) is 16.6. The van der Waals surface area contributed by atoms with Crippen LogP contribution in [0.2, 0.25) is 5.02 Å². The maximum atomic E-state index is 6.00. The molecule has 1 fully saturated rings. The third-order valence-corrected chi connectivity index (χ3v) is 5.54. The van der Waals surface area contributed by atoms with Gasteiger partial charge in [-0.1, -0.05) is 47.7 Å². The minimum atomic E-state index is 0.517. The summed E-state index contributed by atoms with van der Waals surface area (Å²) in [5.74, 6) is 6.25. The van der Waals surface area contributed by atoms with Gasteiger partial charge in [-0.3, -0.25) is 4.90 Å². The van der Waals surface area contributed by atoms with E-state index in [4.69, 9.17) is 11.6 Å². The first-order chi connectivity index (χ1) is 14.7. The monoisotopic (exact) mass is 416 g/mol. The first-order valence-corrected chi connectivity index (χ1v) is 10.7. The SMILES string of the molecule is Clc1ccc(CN2CCC[C@H](NCc3ccc(C#Cc4cncnc4)cc3)C2)cc1. The van der Waals surface area contributed by atoms with Gasteiger partial charge in [-0.05, 0) is 54.8 Å². The molecule has 0 radical (unpaired) electrons. The fourth-order valence-corrected chi connectivity index (χ4v) is 3.82. The van der Waals surface area contributed by atoms with E-state index >= 15 is 0 Å². The van der Waals surface area contributed by atoms with E-state index in [-0.39, 0.29) is 0 Å².